The molecule has 0 saturated heterocycles. The van der Waals surface area contributed by atoms with Crippen LogP contribution in [0.5, 0.6) is 11.5 Å². The molecule has 6 heteroatoms. The van der Waals surface area contributed by atoms with E-state index in [1.54, 1.807) is 0 Å². The maximum Gasteiger partial charge on any atom is 0.161 e. The number of ether oxygens (including phenoxy) is 2. The summed E-state index contributed by atoms with van der Waals surface area (Å²) in [6.07, 6.45) is 0. The van der Waals surface area contributed by atoms with Gasteiger partial charge in [-0.1, -0.05) is 0 Å². The number of rotatable bonds is 8. The molecule has 0 fully saturated rings. The molecule has 4 N–H and O–H groups in total. The van der Waals surface area contributed by atoms with Crippen molar-refractivity contribution >= 4 is 25.3 Å². The Morgan fingerprint density at radius 2 is 1.22 bits per heavy atom. The summed E-state index contributed by atoms with van der Waals surface area (Å²) < 4.78 is 11.2. The molecule has 1 aromatic rings. The summed E-state index contributed by atoms with van der Waals surface area (Å²) in [5, 5.41) is 0. The fourth-order valence-electron chi connectivity index (χ4n) is 1.50. The molecule has 0 aliphatic carbocycles. The van der Waals surface area contributed by atoms with Crippen LogP contribution in [0.4, 0.5) is 0 Å². The molecule has 0 bridgehead atoms. The van der Waals surface area contributed by atoms with E-state index in [4.69, 9.17) is 20.9 Å². The van der Waals surface area contributed by atoms with Crippen LogP contribution >= 0.6 is 25.3 Å². The highest BCUT2D eigenvalue weighted by Crippen LogP contribution is 2.32. The SMILES string of the molecule is NCCOc1cc(CS)c(CS)cc1OCCN. The van der Waals surface area contributed by atoms with Gasteiger partial charge in [0.1, 0.15) is 13.2 Å². The van der Waals surface area contributed by atoms with Gasteiger partial charge in [-0.25, -0.2) is 0 Å². The Kier molecular flexibility index (Phi) is 7.34. The zero-order valence-corrected chi connectivity index (χ0v) is 12.1. The Morgan fingerprint density at radius 3 is 1.50 bits per heavy atom. The minimum Gasteiger partial charge on any atom is -0.488 e. The Balaban J connectivity index is 3.01. The third kappa shape index (κ3) is 4.28. The van der Waals surface area contributed by atoms with E-state index in [0.29, 0.717) is 49.3 Å². The van der Waals surface area contributed by atoms with Crippen molar-refractivity contribution in [2.75, 3.05) is 26.3 Å². The van der Waals surface area contributed by atoms with E-state index >= 15 is 0 Å². The predicted octanol–water partition coefficient (Wildman–Crippen LogP) is 1.22. The van der Waals surface area contributed by atoms with Gasteiger partial charge in [0, 0.05) is 24.6 Å². The van der Waals surface area contributed by atoms with Gasteiger partial charge in [-0.3, -0.25) is 0 Å². The number of benzene rings is 1. The second-order valence-electron chi connectivity index (χ2n) is 3.66. The van der Waals surface area contributed by atoms with Crippen LogP contribution in [0.2, 0.25) is 0 Å². The van der Waals surface area contributed by atoms with Gasteiger partial charge in [-0.05, 0) is 23.3 Å². The molecule has 0 aliphatic rings. The summed E-state index contributed by atoms with van der Waals surface area (Å²) in [6.45, 7) is 1.82. The number of hydrogen-bond donors (Lipinski definition) is 4. The van der Waals surface area contributed by atoms with Crippen LogP contribution in [-0.4, -0.2) is 26.3 Å². The molecule has 0 saturated carbocycles. The molecule has 0 aromatic heterocycles. The molecule has 102 valence electrons. The predicted molar refractivity (Wildman–Crippen MR) is 80.9 cm³/mol. The van der Waals surface area contributed by atoms with E-state index in [2.05, 4.69) is 25.3 Å². The molecule has 0 heterocycles. The van der Waals surface area contributed by atoms with Gasteiger partial charge < -0.3 is 20.9 Å². The van der Waals surface area contributed by atoms with Crippen LogP contribution in [0.15, 0.2) is 12.1 Å². The van der Waals surface area contributed by atoms with Crippen LogP contribution in [0.3, 0.4) is 0 Å². The standard InChI is InChI=1S/C12H20N2O2S2/c13-1-3-15-11-5-9(7-17)10(8-18)6-12(11)16-4-2-14/h5-6,17-18H,1-4,7-8,13-14H2. The Bertz CT molecular complexity index is 340. The van der Waals surface area contributed by atoms with Gasteiger partial charge in [0.25, 0.3) is 0 Å². The maximum absolute atomic E-state index is 5.58. The first-order valence-electron chi connectivity index (χ1n) is 5.80. The highest BCUT2D eigenvalue weighted by Gasteiger charge is 2.10. The summed E-state index contributed by atoms with van der Waals surface area (Å²) in [6, 6.07) is 3.86. The monoisotopic (exact) mass is 288 g/mol. The van der Waals surface area contributed by atoms with Crippen molar-refractivity contribution in [2.45, 2.75) is 11.5 Å². The molecule has 1 rings (SSSR count). The van der Waals surface area contributed by atoms with Gasteiger partial charge in [0.2, 0.25) is 0 Å². The molecule has 0 amide bonds. The van der Waals surface area contributed by atoms with Crippen LogP contribution < -0.4 is 20.9 Å². The molecular formula is C12H20N2O2S2. The second-order valence-corrected chi connectivity index (χ2v) is 4.29. The highest BCUT2D eigenvalue weighted by atomic mass is 32.1. The second kappa shape index (κ2) is 8.53. The average Bonchev–Trinajstić information content (AvgIpc) is 2.42. The van der Waals surface area contributed by atoms with E-state index in [1.165, 1.54) is 0 Å². The quantitative estimate of drug-likeness (QED) is 0.543. The van der Waals surface area contributed by atoms with Gasteiger partial charge in [-0.2, -0.15) is 25.3 Å². The Morgan fingerprint density at radius 1 is 0.833 bits per heavy atom. The first-order valence-corrected chi connectivity index (χ1v) is 7.06. The number of thiol groups is 2. The average molecular weight is 288 g/mol. The van der Waals surface area contributed by atoms with Crippen LogP contribution in [0.25, 0.3) is 0 Å². The Labute approximate surface area is 119 Å². The van der Waals surface area contributed by atoms with Crippen LogP contribution in [0.1, 0.15) is 11.1 Å². The minimum atomic E-state index is 0.450. The number of nitrogens with two attached hydrogens (primary N) is 2. The first kappa shape index (κ1) is 15.5. The van der Waals surface area contributed by atoms with Crippen molar-refractivity contribution in [1.29, 1.82) is 0 Å². The molecule has 0 unspecified atom stereocenters. The zero-order valence-electron chi connectivity index (χ0n) is 10.3. The molecule has 0 aliphatic heterocycles. The van der Waals surface area contributed by atoms with Crippen molar-refractivity contribution in [1.82, 2.24) is 0 Å². The smallest absolute Gasteiger partial charge is 0.161 e. The maximum atomic E-state index is 5.58. The largest absolute Gasteiger partial charge is 0.488 e. The highest BCUT2D eigenvalue weighted by molar-refractivity contribution is 7.79. The lowest BCUT2D eigenvalue weighted by Crippen LogP contribution is -2.14. The van der Waals surface area contributed by atoms with Gasteiger partial charge in [0.15, 0.2) is 11.5 Å². The van der Waals surface area contributed by atoms with Crippen molar-refractivity contribution in [3.05, 3.63) is 23.3 Å². The summed E-state index contributed by atoms with van der Waals surface area (Å²) >= 11 is 8.60. The molecule has 18 heavy (non-hydrogen) atoms. The topological polar surface area (TPSA) is 70.5 Å². The third-order valence-corrected chi connectivity index (χ3v) is 3.04. The van der Waals surface area contributed by atoms with Gasteiger partial charge >= 0.3 is 0 Å². The normalized spacial score (nSPS) is 10.4. The summed E-state index contributed by atoms with van der Waals surface area (Å²) in [5.74, 6) is 2.63. The lowest BCUT2D eigenvalue weighted by atomic mass is 10.1. The van der Waals surface area contributed by atoms with Crippen LogP contribution in [-0.2, 0) is 11.5 Å². The molecule has 0 radical (unpaired) electrons. The molecule has 0 spiro atoms. The molecule has 0 atom stereocenters. The van der Waals surface area contributed by atoms with Crippen molar-refractivity contribution in [3.8, 4) is 11.5 Å². The van der Waals surface area contributed by atoms with Gasteiger partial charge in [-0.15, -0.1) is 0 Å². The first-order chi connectivity index (χ1) is 8.76. The fourth-order valence-corrected chi connectivity index (χ4v) is 2.09. The van der Waals surface area contributed by atoms with Crippen molar-refractivity contribution < 1.29 is 9.47 Å². The minimum absolute atomic E-state index is 0.450. The molecule has 4 nitrogen and oxygen atoms in total. The van der Waals surface area contributed by atoms with Crippen molar-refractivity contribution in [2.24, 2.45) is 11.5 Å². The third-order valence-electron chi connectivity index (χ3n) is 2.36. The zero-order chi connectivity index (χ0) is 13.4. The summed E-state index contributed by atoms with van der Waals surface area (Å²) in [5.41, 5.74) is 13.0. The van der Waals surface area contributed by atoms with E-state index in [9.17, 15) is 0 Å². The molecule has 1 aromatic carbocycles. The van der Waals surface area contributed by atoms with Crippen LogP contribution in [0, 0.1) is 0 Å². The molecular weight excluding hydrogens is 268 g/mol. The lowest BCUT2D eigenvalue weighted by Gasteiger charge is -2.15. The van der Waals surface area contributed by atoms with E-state index in [-0.39, 0.29) is 0 Å². The summed E-state index contributed by atoms with van der Waals surface area (Å²) in [4.78, 5) is 0. The summed E-state index contributed by atoms with van der Waals surface area (Å²) in [7, 11) is 0. The van der Waals surface area contributed by atoms with E-state index in [1.807, 2.05) is 12.1 Å². The van der Waals surface area contributed by atoms with Gasteiger partial charge in [0.05, 0.1) is 0 Å². The van der Waals surface area contributed by atoms with Crippen molar-refractivity contribution in [3.63, 3.8) is 0 Å². The van der Waals surface area contributed by atoms with E-state index < -0.39 is 0 Å². The number of hydrogen-bond acceptors (Lipinski definition) is 6. The lowest BCUT2D eigenvalue weighted by molar-refractivity contribution is 0.277. The van der Waals surface area contributed by atoms with E-state index in [0.717, 1.165) is 11.1 Å². The Hall–Kier alpha value is -0.560. The fraction of sp³-hybridized carbons (Fsp3) is 0.500.